The van der Waals surface area contributed by atoms with E-state index in [0.717, 1.165) is 25.1 Å². The Kier molecular flexibility index (Phi) is 5.20. The van der Waals surface area contributed by atoms with Gasteiger partial charge in [0, 0.05) is 25.7 Å². The van der Waals surface area contributed by atoms with Crippen molar-refractivity contribution in [3.05, 3.63) is 18.0 Å². The van der Waals surface area contributed by atoms with Crippen molar-refractivity contribution in [1.29, 1.82) is 0 Å². The van der Waals surface area contributed by atoms with Crippen molar-refractivity contribution in [3.8, 4) is 0 Å². The molecule has 0 aliphatic carbocycles. The monoisotopic (exact) mass is 250 g/mol. The van der Waals surface area contributed by atoms with Gasteiger partial charge in [0.1, 0.15) is 0 Å². The van der Waals surface area contributed by atoms with Crippen molar-refractivity contribution in [2.45, 2.75) is 32.1 Å². The molecule has 1 saturated heterocycles. The molecule has 1 aromatic heterocycles. The minimum Gasteiger partial charge on any atom is -0.355 e. The lowest BCUT2D eigenvalue weighted by Crippen LogP contribution is -2.37. The van der Waals surface area contributed by atoms with E-state index < -0.39 is 0 Å². The zero-order valence-electron chi connectivity index (χ0n) is 10.8. The van der Waals surface area contributed by atoms with Crippen LogP contribution in [0.1, 0.15) is 31.2 Å². The number of aromatic nitrogens is 2. The Morgan fingerprint density at radius 3 is 2.94 bits per heavy atom. The first-order chi connectivity index (χ1) is 8.84. The lowest BCUT2D eigenvalue weighted by Gasteiger charge is -2.26. The van der Waals surface area contributed by atoms with Crippen molar-refractivity contribution < 1.29 is 4.79 Å². The molecule has 0 aromatic carbocycles. The zero-order valence-corrected chi connectivity index (χ0v) is 10.8. The maximum atomic E-state index is 11.6. The standard InChI is InChI=1S/C13H22N4O/c18-13(5-4-12-10-15-16-11-12)14-6-9-17-7-2-1-3-8-17/h10-11H,1-9H2,(H,14,18)(H,15,16). The van der Waals surface area contributed by atoms with E-state index in [4.69, 9.17) is 0 Å². The number of amides is 1. The first kappa shape index (κ1) is 13.1. The molecular weight excluding hydrogens is 228 g/mol. The number of aryl methyl sites for hydroxylation is 1. The number of nitrogens with zero attached hydrogens (tertiary/aromatic N) is 2. The van der Waals surface area contributed by atoms with E-state index in [-0.39, 0.29) is 5.91 Å². The first-order valence-corrected chi connectivity index (χ1v) is 6.81. The highest BCUT2D eigenvalue weighted by molar-refractivity contribution is 5.76. The summed E-state index contributed by atoms with van der Waals surface area (Å²) in [5, 5.41) is 9.59. The van der Waals surface area contributed by atoms with Gasteiger partial charge in [-0.1, -0.05) is 6.42 Å². The van der Waals surface area contributed by atoms with Gasteiger partial charge in [0.05, 0.1) is 6.20 Å². The quantitative estimate of drug-likeness (QED) is 0.790. The molecule has 0 saturated carbocycles. The summed E-state index contributed by atoms with van der Waals surface area (Å²) in [7, 11) is 0. The van der Waals surface area contributed by atoms with Gasteiger partial charge >= 0.3 is 0 Å². The van der Waals surface area contributed by atoms with Crippen LogP contribution in [0.5, 0.6) is 0 Å². The summed E-state index contributed by atoms with van der Waals surface area (Å²) in [6, 6.07) is 0. The number of likely N-dealkylation sites (tertiary alicyclic amines) is 1. The summed E-state index contributed by atoms with van der Waals surface area (Å²) in [6.07, 6.45) is 8.85. The van der Waals surface area contributed by atoms with Crippen LogP contribution in [-0.2, 0) is 11.2 Å². The molecule has 1 fully saturated rings. The fourth-order valence-corrected chi connectivity index (χ4v) is 2.30. The normalized spacial score (nSPS) is 16.7. The molecule has 2 N–H and O–H groups in total. The number of carbonyl (C=O) groups excluding carboxylic acids is 1. The summed E-state index contributed by atoms with van der Waals surface area (Å²) in [5.41, 5.74) is 1.08. The number of rotatable bonds is 6. The molecule has 0 unspecified atom stereocenters. The minimum atomic E-state index is 0.133. The number of hydrogen-bond acceptors (Lipinski definition) is 3. The van der Waals surface area contributed by atoms with E-state index in [0.29, 0.717) is 6.42 Å². The molecule has 100 valence electrons. The fourth-order valence-electron chi connectivity index (χ4n) is 2.30. The van der Waals surface area contributed by atoms with Crippen LogP contribution in [0.2, 0.25) is 0 Å². The van der Waals surface area contributed by atoms with Crippen molar-refractivity contribution in [2.24, 2.45) is 0 Å². The van der Waals surface area contributed by atoms with Gasteiger partial charge in [-0.25, -0.2) is 0 Å². The summed E-state index contributed by atoms with van der Waals surface area (Å²) in [4.78, 5) is 14.1. The van der Waals surface area contributed by atoms with E-state index in [1.807, 2.05) is 6.20 Å². The van der Waals surface area contributed by atoms with Gasteiger partial charge in [-0.2, -0.15) is 5.10 Å². The van der Waals surface area contributed by atoms with Crippen LogP contribution in [0.15, 0.2) is 12.4 Å². The van der Waals surface area contributed by atoms with Crippen LogP contribution in [0.4, 0.5) is 0 Å². The smallest absolute Gasteiger partial charge is 0.220 e. The second-order valence-corrected chi connectivity index (χ2v) is 4.86. The van der Waals surface area contributed by atoms with Crippen LogP contribution in [0.3, 0.4) is 0 Å². The number of H-pyrrole nitrogens is 1. The minimum absolute atomic E-state index is 0.133. The first-order valence-electron chi connectivity index (χ1n) is 6.81. The van der Waals surface area contributed by atoms with Gasteiger partial charge in [0.2, 0.25) is 5.91 Å². The van der Waals surface area contributed by atoms with Crippen LogP contribution >= 0.6 is 0 Å². The molecule has 1 amide bonds. The third-order valence-corrected chi connectivity index (χ3v) is 3.39. The predicted octanol–water partition coefficient (Wildman–Crippen LogP) is 0.944. The van der Waals surface area contributed by atoms with E-state index in [1.165, 1.54) is 32.4 Å². The second-order valence-electron chi connectivity index (χ2n) is 4.86. The van der Waals surface area contributed by atoms with E-state index in [1.54, 1.807) is 6.20 Å². The van der Waals surface area contributed by atoms with Crippen molar-refractivity contribution in [3.63, 3.8) is 0 Å². The Morgan fingerprint density at radius 1 is 1.39 bits per heavy atom. The zero-order chi connectivity index (χ0) is 12.6. The van der Waals surface area contributed by atoms with E-state index >= 15 is 0 Å². The third kappa shape index (κ3) is 4.49. The third-order valence-electron chi connectivity index (χ3n) is 3.39. The van der Waals surface area contributed by atoms with Gasteiger partial charge in [0.25, 0.3) is 0 Å². The topological polar surface area (TPSA) is 61.0 Å². The summed E-state index contributed by atoms with van der Waals surface area (Å²) < 4.78 is 0. The lowest BCUT2D eigenvalue weighted by atomic mass is 10.1. The Labute approximate surface area is 108 Å². The van der Waals surface area contributed by atoms with Crippen molar-refractivity contribution in [1.82, 2.24) is 20.4 Å². The van der Waals surface area contributed by atoms with Gasteiger partial charge < -0.3 is 10.2 Å². The number of nitrogens with one attached hydrogen (secondary N) is 2. The molecule has 0 atom stereocenters. The molecule has 0 bridgehead atoms. The maximum Gasteiger partial charge on any atom is 0.220 e. The van der Waals surface area contributed by atoms with E-state index in [2.05, 4.69) is 20.4 Å². The molecule has 0 spiro atoms. The van der Waals surface area contributed by atoms with Crippen LogP contribution in [0, 0.1) is 0 Å². The summed E-state index contributed by atoms with van der Waals surface area (Å²) in [5.74, 6) is 0.133. The Hall–Kier alpha value is -1.36. The Balaban J connectivity index is 1.54. The van der Waals surface area contributed by atoms with Gasteiger partial charge in [0.15, 0.2) is 0 Å². The second kappa shape index (κ2) is 7.16. The average Bonchev–Trinajstić information content (AvgIpc) is 2.91. The molecule has 2 heterocycles. The molecule has 5 nitrogen and oxygen atoms in total. The Morgan fingerprint density at radius 2 is 2.22 bits per heavy atom. The van der Waals surface area contributed by atoms with E-state index in [9.17, 15) is 4.79 Å². The fraction of sp³-hybridized carbons (Fsp3) is 0.692. The lowest BCUT2D eigenvalue weighted by molar-refractivity contribution is -0.121. The highest BCUT2D eigenvalue weighted by Crippen LogP contribution is 2.07. The summed E-state index contributed by atoms with van der Waals surface area (Å²) in [6.45, 7) is 4.12. The van der Waals surface area contributed by atoms with Crippen LogP contribution in [0.25, 0.3) is 0 Å². The molecular formula is C13H22N4O. The predicted molar refractivity (Wildman–Crippen MR) is 70.2 cm³/mol. The number of carbonyl (C=O) groups is 1. The molecule has 1 aliphatic rings. The number of aromatic amines is 1. The largest absolute Gasteiger partial charge is 0.355 e. The van der Waals surface area contributed by atoms with Gasteiger partial charge in [-0.05, 0) is 37.9 Å². The Bertz CT molecular complexity index is 344. The highest BCUT2D eigenvalue weighted by Gasteiger charge is 2.09. The number of hydrogen-bond donors (Lipinski definition) is 2. The average molecular weight is 250 g/mol. The summed E-state index contributed by atoms with van der Waals surface area (Å²) >= 11 is 0. The van der Waals surface area contributed by atoms with Crippen LogP contribution in [-0.4, -0.2) is 47.2 Å². The maximum absolute atomic E-state index is 11.6. The molecule has 0 radical (unpaired) electrons. The highest BCUT2D eigenvalue weighted by atomic mass is 16.1. The van der Waals surface area contributed by atoms with Gasteiger partial charge in [-0.15, -0.1) is 0 Å². The molecule has 1 aliphatic heterocycles. The van der Waals surface area contributed by atoms with Crippen molar-refractivity contribution >= 4 is 5.91 Å². The SMILES string of the molecule is O=C(CCc1cn[nH]c1)NCCN1CCCCC1. The molecule has 1 aromatic rings. The van der Waals surface area contributed by atoms with Crippen LogP contribution < -0.4 is 5.32 Å². The molecule has 18 heavy (non-hydrogen) atoms. The van der Waals surface area contributed by atoms with Gasteiger partial charge in [-0.3, -0.25) is 9.89 Å². The number of piperidine rings is 1. The molecule has 2 rings (SSSR count). The molecule has 5 heteroatoms. The van der Waals surface area contributed by atoms with Crippen molar-refractivity contribution in [2.75, 3.05) is 26.2 Å².